The predicted octanol–water partition coefficient (Wildman–Crippen LogP) is 2.68. The highest BCUT2D eigenvalue weighted by atomic mass is 35.5. The first-order valence-electron chi connectivity index (χ1n) is 8.13. The van der Waals surface area contributed by atoms with E-state index in [2.05, 4.69) is 10.6 Å². The van der Waals surface area contributed by atoms with Gasteiger partial charge in [0.05, 0.1) is 29.1 Å². The van der Waals surface area contributed by atoms with Gasteiger partial charge in [-0.25, -0.2) is 18.4 Å². The summed E-state index contributed by atoms with van der Waals surface area (Å²) in [7, 11) is -0.397. The number of primary sulfonamides is 1. The number of hydrogen-bond acceptors (Lipinski definition) is 6. The molecule has 1 aromatic heterocycles. The van der Waals surface area contributed by atoms with Crippen LogP contribution in [0, 0.1) is 0 Å². The molecule has 5 N–H and O–H groups in total. The molecule has 0 unspecified atom stereocenters. The van der Waals surface area contributed by atoms with Gasteiger partial charge in [-0.05, 0) is 44.3 Å². The average molecular weight is 418 g/mol. The molecule has 1 aromatic carbocycles. The minimum atomic E-state index is -4.15. The molecule has 2 aromatic rings. The van der Waals surface area contributed by atoms with Crippen LogP contribution in [-0.4, -0.2) is 33.6 Å². The fourth-order valence-corrected chi connectivity index (χ4v) is 3.56. The molecule has 0 aliphatic heterocycles. The number of carbonyl (C=O) groups is 1. The second-order valence-corrected chi connectivity index (χ2v) is 7.53. The number of carboxylic acids is 1. The number of benzene rings is 1. The SMILES string of the molecule is CCCc1c(Cl)c(S(N)(=O)=O)cc(C(=O)O)c1NCc1ccco1.CNC. The quantitative estimate of drug-likeness (QED) is 0.543. The largest absolute Gasteiger partial charge is 0.478 e. The van der Waals surface area contributed by atoms with Crippen molar-refractivity contribution in [3.63, 3.8) is 0 Å². The van der Waals surface area contributed by atoms with Crippen molar-refractivity contribution in [1.82, 2.24) is 5.32 Å². The Hall–Kier alpha value is -2.07. The Bertz CT molecular complexity index is 867. The molecule has 0 bridgehead atoms. The number of hydrogen-bond donors (Lipinski definition) is 4. The molecule has 0 radical (unpaired) electrons. The Morgan fingerprint density at radius 2 is 2.00 bits per heavy atom. The molecule has 0 aliphatic rings. The van der Waals surface area contributed by atoms with E-state index < -0.39 is 20.9 Å². The number of carboxylic acid groups (broad SMARTS) is 1. The molecule has 0 atom stereocenters. The normalized spacial score (nSPS) is 10.9. The van der Waals surface area contributed by atoms with Crippen LogP contribution in [0.15, 0.2) is 33.8 Å². The molecule has 0 saturated heterocycles. The van der Waals surface area contributed by atoms with E-state index in [-0.39, 0.29) is 22.8 Å². The highest BCUT2D eigenvalue weighted by Crippen LogP contribution is 2.35. The Kier molecular flexibility index (Phi) is 8.77. The number of furan rings is 1. The van der Waals surface area contributed by atoms with Crippen LogP contribution >= 0.6 is 11.6 Å². The highest BCUT2D eigenvalue weighted by molar-refractivity contribution is 7.89. The van der Waals surface area contributed by atoms with Gasteiger partial charge in [0.2, 0.25) is 10.0 Å². The van der Waals surface area contributed by atoms with Gasteiger partial charge < -0.3 is 20.2 Å². The number of nitrogens with one attached hydrogen (secondary N) is 2. The first kappa shape index (κ1) is 23.0. The van der Waals surface area contributed by atoms with Gasteiger partial charge in [0, 0.05) is 0 Å². The van der Waals surface area contributed by atoms with Crippen molar-refractivity contribution in [2.45, 2.75) is 31.2 Å². The molecular formula is C17H24ClN3O5S. The summed E-state index contributed by atoms with van der Waals surface area (Å²) in [6, 6.07) is 4.41. The lowest BCUT2D eigenvalue weighted by Gasteiger charge is -2.18. The second-order valence-electron chi connectivity index (χ2n) is 5.62. The molecule has 8 nitrogen and oxygen atoms in total. The molecular weight excluding hydrogens is 394 g/mol. The summed E-state index contributed by atoms with van der Waals surface area (Å²) in [5.41, 5.74) is 0.450. The van der Waals surface area contributed by atoms with Crippen LogP contribution in [0.2, 0.25) is 5.02 Å². The number of nitrogens with two attached hydrogens (primary N) is 1. The summed E-state index contributed by atoms with van der Waals surface area (Å²) in [6.45, 7) is 2.10. The molecule has 150 valence electrons. The summed E-state index contributed by atoms with van der Waals surface area (Å²) < 4.78 is 28.6. The molecule has 0 saturated carbocycles. The van der Waals surface area contributed by atoms with E-state index in [0.717, 1.165) is 6.07 Å². The fraction of sp³-hybridized carbons (Fsp3) is 0.353. The Morgan fingerprint density at radius 3 is 2.44 bits per heavy atom. The molecule has 0 fully saturated rings. The van der Waals surface area contributed by atoms with Gasteiger partial charge in [0.25, 0.3) is 0 Å². The standard InChI is InChI=1S/C15H17ClN2O5S.C2H7N/c1-2-4-10-13(16)12(24(17,21)22)7-11(15(19)20)14(10)18-8-9-5-3-6-23-9;1-3-2/h3,5-7,18H,2,4,8H2,1H3,(H,19,20)(H2,17,21,22);3H,1-2H3. The minimum Gasteiger partial charge on any atom is -0.478 e. The monoisotopic (exact) mass is 417 g/mol. The van der Waals surface area contributed by atoms with Crippen LogP contribution in [0.4, 0.5) is 5.69 Å². The van der Waals surface area contributed by atoms with Gasteiger partial charge in [-0.2, -0.15) is 0 Å². The average Bonchev–Trinajstić information content (AvgIpc) is 3.08. The van der Waals surface area contributed by atoms with Gasteiger partial charge in [-0.1, -0.05) is 24.9 Å². The van der Waals surface area contributed by atoms with Crippen LogP contribution in [0.5, 0.6) is 0 Å². The zero-order valence-corrected chi connectivity index (χ0v) is 16.9. The third-order valence-corrected chi connectivity index (χ3v) is 4.86. The van der Waals surface area contributed by atoms with Crippen LogP contribution in [0.3, 0.4) is 0 Å². The number of sulfonamides is 1. The lowest BCUT2D eigenvalue weighted by molar-refractivity contribution is 0.0697. The molecule has 2 rings (SSSR count). The molecule has 0 aliphatic carbocycles. The fourth-order valence-electron chi connectivity index (χ4n) is 2.34. The second kappa shape index (κ2) is 10.3. The van der Waals surface area contributed by atoms with Crippen molar-refractivity contribution in [1.29, 1.82) is 0 Å². The molecule has 27 heavy (non-hydrogen) atoms. The molecule has 10 heteroatoms. The first-order valence-corrected chi connectivity index (χ1v) is 10.1. The summed E-state index contributed by atoms with van der Waals surface area (Å²) in [6.07, 6.45) is 2.53. The van der Waals surface area contributed by atoms with Gasteiger partial charge in [-0.3, -0.25) is 0 Å². The van der Waals surface area contributed by atoms with Gasteiger partial charge in [0.15, 0.2) is 0 Å². The van der Waals surface area contributed by atoms with Crippen molar-refractivity contribution in [3.05, 3.63) is 46.4 Å². The van der Waals surface area contributed by atoms with E-state index in [1.54, 1.807) is 12.1 Å². The summed E-state index contributed by atoms with van der Waals surface area (Å²) in [5, 5.41) is 20.3. The summed E-state index contributed by atoms with van der Waals surface area (Å²) in [4.78, 5) is 11.2. The summed E-state index contributed by atoms with van der Waals surface area (Å²) >= 11 is 6.20. The Morgan fingerprint density at radius 1 is 1.37 bits per heavy atom. The Labute approximate surface area is 163 Å². The predicted molar refractivity (Wildman–Crippen MR) is 105 cm³/mol. The van der Waals surface area contributed by atoms with Crippen molar-refractivity contribution in [2.24, 2.45) is 5.14 Å². The number of rotatable bonds is 7. The van der Waals surface area contributed by atoms with E-state index >= 15 is 0 Å². The lowest BCUT2D eigenvalue weighted by atomic mass is 10.0. The molecule has 1 heterocycles. The first-order chi connectivity index (χ1) is 12.7. The number of aromatic carboxylic acids is 1. The maximum Gasteiger partial charge on any atom is 0.337 e. The lowest BCUT2D eigenvalue weighted by Crippen LogP contribution is -2.17. The Balaban J connectivity index is 0.00000114. The maximum atomic E-state index is 11.7. The molecule has 0 amide bonds. The van der Waals surface area contributed by atoms with Crippen LogP contribution in [-0.2, 0) is 23.0 Å². The number of anilines is 1. The minimum absolute atomic E-state index is 0.0636. The zero-order chi connectivity index (χ0) is 20.6. The maximum absolute atomic E-state index is 11.7. The zero-order valence-electron chi connectivity index (χ0n) is 15.4. The van der Waals surface area contributed by atoms with E-state index in [0.29, 0.717) is 24.2 Å². The van der Waals surface area contributed by atoms with Crippen molar-refractivity contribution < 1.29 is 22.7 Å². The van der Waals surface area contributed by atoms with Crippen molar-refractivity contribution >= 4 is 33.3 Å². The number of halogens is 1. The summed E-state index contributed by atoms with van der Waals surface area (Å²) in [5.74, 6) is -0.684. The van der Waals surface area contributed by atoms with Crippen molar-refractivity contribution in [2.75, 3.05) is 19.4 Å². The highest BCUT2D eigenvalue weighted by Gasteiger charge is 2.25. The van der Waals surface area contributed by atoms with E-state index in [1.807, 2.05) is 21.0 Å². The molecule has 0 spiro atoms. The van der Waals surface area contributed by atoms with E-state index in [9.17, 15) is 18.3 Å². The third kappa shape index (κ3) is 6.24. The van der Waals surface area contributed by atoms with Crippen LogP contribution in [0.1, 0.15) is 35.0 Å². The van der Waals surface area contributed by atoms with Crippen LogP contribution < -0.4 is 15.8 Å². The van der Waals surface area contributed by atoms with Gasteiger partial charge >= 0.3 is 5.97 Å². The van der Waals surface area contributed by atoms with Crippen LogP contribution in [0.25, 0.3) is 0 Å². The van der Waals surface area contributed by atoms with Gasteiger partial charge in [-0.15, -0.1) is 0 Å². The smallest absolute Gasteiger partial charge is 0.337 e. The topological polar surface area (TPSA) is 135 Å². The van der Waals surface area contributed by atoms with Crippen molar-refractivity contribution in [3.8, 4) is 0 Å². The third-order valence-electron chi connectivity index (χ3n) is 3.38. The van der Waals surface area contributed by atoms with E-state index in [1.165, 1.54) is 6.26 Å². The van der Waals surface area contributed by atoms with E-state index in [4.69, 9.17) is 21.2 Å². The van der Waals surface area contributed by atoms with Gasteiger partial charge in [0.1, 0.15) is 10.7 Å².